The van der Waals surface area contributed by atoms with Gasteiger partial charge in [-0.25, -0.2) is 4.98 Å². The molecule has 0 N–H and O–H groups in total. The van der Waals surface area contributed by atoms with Gasteiger partial charge in [-0.2, -0.15) is 5.10 Å². The van der Waals surface area contributed by atoms with Crippen molar-refractivity contribution in [2.24, 2.45) is 0 Å². The average Bonchev–Trinajstić information content (AvgIpc) is 3.44. The Hall–Kier alpha value is -4.04. The van der Waals surface area contributed by atoms with Crippen molar-refractivity contribution in [3.63, 3.8) is 0 Å². The van der Waals surface area contributed by atoms with Crippen molar-refractivity contribution in [1.82, 2.24) is 24.1 Å². The van der Waals surface area contributed by atoms with E-state index < -0.39 is 0 Å². The predicted molar refractivity (Wildman–Crippen MR) is 128 cm³/mol. The fourth-order valence-corrected chi connectivity index (χ4v) is 4.05. The lowest BCUT2D eigenvalue weighted by molar-refractivity contribution is 0.0987. The molecule has 0 spiro atoms. The Morgan fingerprint density at radius 2 is 1.94 bits per heavy atom. The second-order valence-corrected chi connectivity index (χ2v) is 8.10. The van der Waals surface area contributed by atoms with Crippen molar-refractivity contribution in [2.75, 3.05) is 20.3 Å². The molecule has 1 aromatic carbocycles. The normalized spacial score (nSPS) is 11.4. The van der Waals surface area contributed by atoms with Gasteiger partial charge in [-0.15, -0.1) is 0 Å². The first kappa shape index (κ1) is 21.8. The number of nitrogens with zero attached hydrogens (tertiary/aromatic N) is 5. The lowest BCUT2D eigenvalue weighted by Crippen LogP contribution is -2.08. The number of ketones is 1. The highest BCUT2D eigenvalue weighted by molar-refractivity contribution is 5.99. The van der Waals surface area contributed by atoms with E-state index in [-0.39, 0.29) is 12.2 Å². The maximum absolute atomic E-state index is 13.2. The number of hydrogen-bond donors (Lipinski definition) is 0. The summed E-state index contributed by atoms with van der Waals surface area (Å²) in [5, 5.41) is 5.53. The molecule has 0 fully saturated rings. The number of methoxy groups -OCH3 is 1. The second kappa shape index (κ2) is 9.44. The molecule has 4 aromatic heterocycles. The molecule has 0 radical (unpaired) electrons. The SMILES string of the molecule is COCCOc1ccn2c(C(=O)Cc3cccc4c3cnn4Cc3cccc(C)n3)cnc2c1. The van der Waals surface area contributed by atoms with Gasteiger partial charge in [0.2, 0.25) is 0 Å². The summed E-state index contributed by atoms with van der Waals surface area (Å²) in [4.78, 5) is 22.2. The van der Waals surface area contributed by atoms with Crippen LogP contribution in [0.3, 0.4) is 0 Å². The molecule has 5 aromatic rings. The lowest BCUT2D eigenvalue weighted by Gasteiger charge is -2.07. The first-order valence-corrected chi connectivity index (χ1v) is 11.1. The van der Waals surface area contributed by atoms with E-state index in [9.17, 15) is 4.79 Å². The van der Waals surface area contributed by atoms with Gasteiger partial charge in [0.15, 0.2) is 5.78 Å². The van der Waals surface area contributed by atoms with Crippen molar-refractivity contribution in [3.05, 3.63) is 89.8 Å². The molecule has 0 aliphatic heterocycles. The van der Waals surface area contributed by atoms with Crippen LogP contribution in [0.5, 0.6) is 5.75 Å². The van der Waals surface area contributed by atoms with Crippen molar-refractivity contribution < 1.29 is 14.3 Å². The molecular formula is C26H25N5O3. The van der Waals surface area contributed by atoms with Gasteiger partial charge < -0.3 is 9.47 Å². The number of carbonyl (C=O) groups excluding carboxylic acids is 1. The molecule has 0 amide bonds. The second-order valence-electron chi connectivity index (χ2n) is 8.10. The van der Waals surface area contributed by atoms with E-state index in [4.69, 9.17) is 9.47 Å². The smallest absolute Gasteiger partial charge is 0.185 e. The fourth-order valence-electron chi connectivity index (χ4n) is 4.05. The third kappa shape index (κ3) is 4.40. The van der Waals surface area contributed by atoms with E-state index in [0.29, 0.717) is 36.8 Å². The number of aromatic nitrogens is 5. The molecule has 0 saturated heterocycles. The maximum Gasteiger partial charge on any atom is 0.185 e. The van der Waals surface area contributed by atoms with Crippen molar-refractivity contribution >= 4 is 22.3 Å². The summed E-state index contributed by atoms with van der Waals surface area (Å²) in [6.07, 6.45) is 5.51. The first-order chi connectivity index (χ1) is 16.6. The third-order valence-electron chi connectivity index (χ3n) is 5.71. The van der Waals surface area contributed by atoms with Gasteiger partial charge in [-0.05, 0) is 36.8 Å². The number of benzene rings is 1. The Morgan fingerprint density at radius 1 is 1.06 bits per heavy atom. The van der Waals surface area contributed by atoms with Crippen LogP contribution in [0.1, 0.15) is 27.4 Å². The average molecular weight is 456 g/mol. The molecule has 0 bridgehead atoms. The zero-order valence-electron chi connectivity index (χ0n) is 19.1. The minimum absolute atomic E-state index is 0.0128. The number of rotatable bonds is 9. The minimum atomic E-state index is -0.0128. The van der Waals surface area contributed by atoms with Crippen LogP contribution < -0.4 is 4.74 Å². The summed E-state index contributed by atoms with van der Waals surface area (Å²) in [6, 6.07) is 15.6. The molecule has 0 atom stereocenters. The number of aryl methyl sites for hydroxylation is 1. The van der Waals surface area contributed by atoms with Gasteiger partial charge in [-0.3, -0.25) is 18.9 Å². The van der Waals surface area contributed by atoms with Crippen molar-refractivity contribution in [1.29, 1.82) is 0 Å². The lowest BCUT2D eigenvalue weighted by atomic mass is 10.0. The Labute approximate surface area is 196 Å². The Balaban J connectivity index is 1.37. The number of Topliss-reactive ketones (excluding diaryl/α,β-unsaturated/α-hetero) is 1. The van der Waals surface area contributed by atoms with Gasteiger partial charge in [0, 0.05) is 36.9 Å². The Kier molecular flexibility index (Phi) is 6.05. The van der Waals surface area contributed by atoms with Gasteiger partial charge in [0.1, 0.15) is 23.7 Å². The number of hydrogen-bond acceptors (Lipinski definition) is 6. The standard InChI is InChI=1S/C26H25N5O3/c1-18-5-3-7-20(29-18)17-31-23-8-4-6-19(22(23)15-28-31)13-25(32)24-16-27-26-14-21(9-10-30(24)26)34-12-11-33-2/h3-10,14-16H,11-13,17H2,1-2H3. The minimum Gasteiger partial charge on any atom is -0.491 e. The largest absolute Gasteiger partial charge is 0.491 e. The highest BCUT2D eigenvalue weighted by Gasteiger charge is 2.16. The summed E-state index contributed by atoms with van der Waals surface area (Å²) < 4.78 is 14.4. The van der Waals surface area contributed by atoms with Crippen LogP contribution >= 0.6 is 0 Å². The molecule has 8 heteroatoms. The summed E-state index contributed by atoms with van der Waals surface area (Å²) in [5.74, 6) is 0.676. The quantitative estimate of drug-likeness (QED) is 0.248. The molecule has 0 saturated carbocycles. The van der Waals surface area contributed by atoms with E-state index in [1.807, 2.05) is 72.5 Å². The van der Waals surface area contributed by atoms with E-state index in [1.54, 1.807) is 17.7 Å². The molecule has 8 nitrogen and oxygen atoms in total. The molecule has 0 aliphatic carbocycles. The number of carbonyl (C=O) groups is 1. The van der Waals surface area contributed by atoms with E-state index >= 15 is 0 Å². The molecular weight excluding hydrogens is 430 g/mol. The topological polar surface area (TPSA) is 83.5 Å². The third-order valence-corrected chi connectivity index (χ3v) is 5.71. The fraction of sp³-hybridized carbons (Fsp3) is 0.231. The van der Waals surface area contributed by atoms with Gasteiger partial charge >= 0.3 is 0 Å². The predicted octanol–water partition coefficient (Wildman–Crippen LogP) is 3.89. The Bertz CT molecular complexity index is 1470. The van der Waals surface area contributed by atoms with E-state index in [2.05, 4.69) is 15.1 Å². The summed E-state index contributed by atoms with van der Waals surface area (Å²) in [5.41, 5.74) is 5.02. The molecule has 34 heavy (non-hydrogen) atoms. The van der Waals surface area contributed by atoms with Gasteiger partial charge in [-0.1, -0.05) is 18.2 Å². The zero-order chi connectivity index (χ0) is 23.5. The van der Waals surface area contributed by atoms with Gasteiger partial charge in [0.05, 0.1) is 36.8 Å². The molecule has 4 heterocycles. The van der Waals surface area contributed by atoms with Crippen LogP contribution in [0.25, 0.3) is 16.6 Å². The molecule has 0 unspecified atom stereocenters. The summed E-state index contributed by atoms with van der Waals surface area (Å²) in [6.45, 7) is 3.51. The van der Waals surface area contributed by atoms with Crippen molar-refractivity contribution in [3.8, 4) is 5.75 Å². The van der Waals surface area contributed by atoms with Crippen molar-refractivity contribution in [2.45, 2.75) is 19.9 Å². The van der Waals surface area contributed by atoms with E-state index in [0.717, 1.165) is 27.9 Å². The van der Waals surface area contributed by atoms with Crippen LogP contribution in [0.15, 0.2) is 67.1 Å². The number of imidazole rings is 1. The number of pyridine rings is 2. The maximum atomic E-state index is 13.2. The highest BCUT2D eigenvalue weighted by Crippen LogP contribution is 2.22. The number of fused-ring (bicyclic) bond motifs is 2. The zero-order valence-corrected chi connectivity index (χ0v) is 19.1. The van der Waals surface area contributed by atoms with Gasteiger partial charge in [0.25, 0.3) is 0 Å². The Morgan fingerprint density at radius 3 is 2.79 bits per heavy atom. The van der Waals surface area contributed by atoms with Crippen LogP contribution in [0, 0.1) is 6.92 Å². The molecule has 172 valence electrons. The molecule has 5 rings (SSSR count). The van der Waals surface area contributed by atoms with Crippen LogP contribution in [-0.2, 0) is 17.7 Å². The first-order valence-electron chi connectivity index (χ1n) is 11.1. The van der Waals surface area contributed by atoms with Crippen LogP contribution in [-0.4, -0.2) is 50.3 Å². The summed E-state index contributed by atoms with van der Waals surface area (Å²) >= 11 is 0. The van der Waals surface area contributed by atoms with E-state index in [1.165, 1.54) is 0 Å². The van der Waals surface area contributed by atoms with Crippen LogP contribution in [0.4, 0.5) is 0 Å². The van der Waals surface area contributed by atoms with Crippen LogP contribution in [0.2, 0.25) is 0 Å². The molecule has 0 aliphatic rings. The highest BCUT2D eigenvalue weighted by atomic mass is 16.5. The summed E-state index contributed by atoms with van der Waals surface area (Å²) in [7, 11) is 1.63. The number of ether oxygens (including phenoxy) is 2. The monoisotopic (exact) mass is 455 g/mol.